The molecule has 6 aliphatic heterocycles. The van der Waals surface area contributed by atoms with E-state index in [4.69, 9.17) is 23.7 Å². The van der Waals surface area contributed by atoms with Crippen LogP contribution in [0, 0.1) is 11.3 Å². The maximum absolute atomic E-state index is 13.0. The quantitative estimate of drug-likeness (QED) is 0.326. The third-order valence-electron chi connectivity index (χ3n) is 10.2. The molecule has 2 saturated heterocycles. The van der Waals surface area contributed by atoms with Crippen molar-refractivity contribution < 1.29 is 28.5 Å². The van der Waals surface area contributed by atoms with Gasteiger partial charge in [-0.3, -0.25) is 9.80 Å². The smallest absolute Gasteiger partial charge is 0.330 e. The number of ether oxygens (including phenoxy) is 5. The lowest BCUT2D eigenvalue weighted by molar-refractivity contribution is -0.184. The molecule has 216 valence electrons. The number of nitriles is 1. The summed E-state index contributed by atoms with van der Waals surface area (Å²) in [4.78, 5) is 17.8. The number of carbonyl (C=O) groups is 1. The van der Waals surface area contributed by atoms with Crippen molar-refractivity contribution in [1.82, 2.24) is 9.80 Å². The van der Waals surface area contributed by atoms with E-state index in [1.165, 1.54) is 17.2 Å². The standard InChI is InChI=1S/C34H29N3O6/c1-34-14-25-26(15-35)36-24(33(37(25)34)22-12-30-31(13-23(22)34)43-18-42-30)9-20-10-28-29(41-17-40-28)11-21(20)27(36)16-39-32(38)8-7-19-5-3-2-4-6-19/h2-8,10-13,24-27,33H,9,14,16-18H2,1H3/b8-7+/t24-,25-,26-,27-,33+,34+/m0/s1. The summed E-state index contributed by atoms with van der Waals surface area (Å²) in [5, 5.41) is 10.7. The molecule has 0 amide bonds. The summed E-state index contributed by atoms with van der Waals surface area (Å²) in [6.07, 6.45) is 4.80. The number of hydrogen-bond acceptors (Lipinski definition) is 9. The van der Waals surface area contributed by atoms with Gasteiger partial charge in [-0.1, -0.05) is 30.3 Å². The van der Waals surface area contributed by atoms with Gasteiger partial charge in [0.1, 0.15) is 12.6 Å². The van der Waals surface area contributed by atoms with Crippen molar-refractivity contribution in [3.8, 4) is 29.1 Å². The van der Waals surface area contributed by atoms with Gasteiger partial charge in [0.25, 0.3) is 0 Å². The molecule has 0 radical (unpaired) electrons. The van der Waals surface area contributed by atoms with Crippen molar-refractivity contribution in [1.29, 1.82) is 5.26 Å². The van der Waals surface area contributed by atoms with Gasteiger partial charge in [0.15, 0.2) is 23.0 Å². The number of nitrogens with zero attached hydrogens (tertiary/aromatic N) is 3. The summed E-state index contributed by atoms with van der Waals surface area (Å²) in [5.41, 5.74) is 5.36. The van der Waals surface area contributed by atoms with E-state index >= 15 is 0 Å². The molecule has 0 unspecified atom stereocenters. The third-order valence-corrected chi connectivity index (χ3v) is 10.2. The molecule has 0 bridgehead atoms. The Morgan fingerprint density at radius 3 is 2.44 bits per heavy atom. The summed E-state index contributed by atoms with van der Waals surface area (Å²) in [6, 6.07) is 20.1. The first-order valence-corrected chi connectivity index (χ1v) is 14.8. The van der Waals surface area contributed by atoms with Crippen LogP contribution in [-0.2, 0) is 21.5 Å². The molecule has 0 saturated carbocycles. The second-order valence-corrected chi connectivity index (χ2v) is 12.3. The Labute approximate surface area is 248 Å². The topological polar surface area (TPSA) is 93.5 Å². The van der Waals surface area contributed by atoms with Crippen LogP contribution in [-0.4, -0.2) is 54.1 Å². The summed E-state index contributed by atoms with van der Waals surface area (Å²) in [7, 11) is 0. The number of piperazine rings is 1. The van der Waals surface area contributed by atoms with Crippen LogP contribution < -0.4 is 18.9 Å². The van der Waals surface area contributed by atoms with E-state index in [0.29, 0.717) is 5.75 Å². The Kier molecular flexibility index (Phi) is 5.23. The Morgan fingerprint density at radius 2 is 1.70 bits per heavy atom. The fourth-order valence-electron chi connectivity index (χ4n) is 8.45. The van der Waals surface area contributed by atoms with Gasteiger partial charge >= 0.3 is 5.97 Å². The molecule has 0 aliphatic carbocycles. The fraction of sp³-hybridized carbons (Fsp3) is 0.353. The average Bonchev–Trinajstić information content (AvgIpc) is 3.72. The monoisotopic (exact) mass is 575 g/mol. The second-order valence-electron chi connectivity index (χ2n) is 12.3. The van der Waals surface area contributed by atoms with Crippen LogP contribution in [0.5, 0.6) is 23.0 Å². The first-order chi connectivity index (χ1) is 21.0. The molecular formula is C34H29N3O6. The van der Waals surface area contributed by atoms with Crippen LogP contribution in [0.15, 0.2) is 60.7 Å². The molecule has 9 rings (SSSR count). The minimum Gasteiger partial charge on any atom is -0.460 e. The van der Waals surface area contributed by atoms with E-state index in [0.717, 1.165) is 46.8 Å². The highest BCUT2D eigenvalue weighted by molar-refractivity contribution is 5.87. The van der Waals surface area contributed by atoms with Crippen LogP contribution in [0.4, 0.5) is 0 Å². The lowest BCUT2D eigenvalue weighted by Crippen LogP contribution is -2.74. The predicted molar refractivity (Wildman–Crippen MR) is 153 cm³/mol. The summed E-state index contributed by atoms with van der Waals surface area (Å²) < 4.78 is 29.0. The Balaban J connectivity index is 1.12. The molecule has 2 fully saturated rings. The predicted octanol–water partition coefficient (Wildman–Crippen LogP) is 4.62. The van der Waals surface area contributed by atoms with Gasteiger partial charge in [-0.2, -0.15) is 5.26 Å². The SMILES string of the molecule is C[C@@]12C[C@H]3[C@H](C#N)N4[C@@H](COC(=O)/C=C/c5ccccc5)c5cc6c(cc5C[C@H]4[C@@H](c4cc5c(cc41)OCO5)N32)OCO6. The minimum atomic E-state index is -0.421. The van der Waals surface area contributed by atoms with Gasteiger partial charge in [0.05, 0.1) is 18.2 Å². The van der Waals surface area contributed by atoms with Crippen LogP contribution in [0.2, 0.25) is 0 Å². The lowest BCUT2D eigenvalue weighted by atomic mass is 9.71. The Bertz CT molecular complexity index is 1750. The van der Waals surface area contributed by atoms with Gasteiger partial charge in [-0.15, -0.1) is 0 Å². The molecule has 9 nitrogen and oxygen atoms in total. The summed E-state index contributed by atoms with van der Waals surface area (Å²) >= 11 is 0. The number of benzene rings is 3. The first kappa shape index (κ1) is 25.0. The zero-order chi connectivity index (χ0) is 28.9. The fourth-order valence-corrected chi connectivity index (χ4v) is 8.45. The molecule has 3 aromatic carbocycles. The first-order valence-electron chi connectivity index (χ1n) is 14.8. The molecule has 9 heteroatoms. The van der Waals surface area contributed by atoms with Gasteiger partial charge in [-0.05, 0) is 77.9 Å². The molecule has 6 atom stereocenters. The van der Waals surface area contributed by atoms with E-state index < -0.39 is 5.97 Å². The van der Waals surface area contributed by atoms with Crippen LogP contribution in [0.1, 0.15) is 53.2 Å². The maximum Gasteiger partial charge on any atom is 0.330 e. The average molecular weight is 576 g/mol. The number of hydrogen-bond donors (Lipinski definition) is 0. The highest BCUT2D eigenvalue weighted by Crippen LogP contribution is 2.65. The van der Waals surface area contributed by atoms with Crippen molar-refractivity contribution in [2.75, 3.05) is 20.2 Å². The zero-order valence-electron chi connectivity index (χ0n) is 23.6. The van der Waals surface area contributed by atoms with Crippen molar-refractivity contribution in [2.24, 2.45) is 0 Å². The summed E-state index contributed by atoms with van der Waals surface area (Å²) in [6.45, 7) is 2.80. The van der Waals surface area contributed by atoms with E-state index in [9.17, 15) is 10.1 Å². The molecular weight excluding hydrogens is 546 g/mol. The number of carbonyl (C=O) groups excluding carboxylic acids is 1. The highest BCUT2D eigenvalue weighted by atomic mass is 16.7. The maximum atomic E-state index is 13.0. The van der Waals surface area contributed by atoms with Crippen molar-refractivity contribution in [2.45, 2.75) is 55.5 Å². The van der Waals surface area contributed by atoms with Gasteiger partial charge in [-0.25, -0.2) is 4.79 Å². The van der Waals surface area contributed by atoms with Gasteiger partial charge < -0.3 is 23.7 Å². The second kappa shape index (κ2) is 8.99. The molecule has 0 N–H and O–H groups in total. The highest BCUT2D eigenvalue weighted by Gasteiger charge is 2.68. The normalized spacial score (nSPS) is 30.6. The molecule has 43 heavy (non-hydrogen) atoms. The Hall–Kier alpha value is -4.52. The minimum absolute atomic E-state index is 0.0291. The number of fused-ring (bicyclic) bond motifs is 8. The van der Waals surface area contributed by atoms with Crippen molar-refractivity contribution in [3.05, 3.63) is 88.5 Å². The molecule has 3 aromatic rings. The zero-order valence-corrected chi connectivity index (χ0v) is 23.6. The van der Waals surface area contributed by atoms with Gasteiger partial charge in [0.2, 0.25) is 13.6 Å². The Morgan fingerprint density at radius 1 is 1.00 bits per heavy atom. The van der Waals surface area contributed by atoms with E-state index in [1.54, 1.807) is 6.08 Å². The van der Waals surface area contributed by atoms with E-state index in [-0.39, 0.29) is 55.9 Å². The molecule has 0 aromatic heterocycles. The van der Waals surface area contributed by atoms with Crippen molar-refractivity contribution in [3.63, 3.8) is 0 Å². The van der Waals surface area contributed by atoms with Crippen LogP contribution in [0.3, 0.4) is 0 Å². The largest absolute Gasteiger partial charge is 0.460 e. The molecule has 0 spiro atoms. The van der Waals surface area contributed by atoms with Gasteiger partial charge in [0, 0.05) is 23.7 Å². The lowest BCUT2D eigenvalue weighted by Gasteiger charge is -2.65. The van der Waals surface area contributed by atoms with Crippen molar-refractivity contribution >= 4 is 12.0 Å². The number of esters is 1. The third kappa shape index (κ3) is 3.48. The molecule has 6 aliphatic rings. The van der Waals surface area contributed by atoms with E-state index in [2.05, 4.69) is 41.0 Å². The number of rotatable bonds is 4. The molecule has 6 heterocycles. The summed E-state index contributed by atoms with van der Waals surface area (Å²) in [5.74, 6) is 2.54. The van der Waals surface area contributed by atoms with E-state index in [1.807, 2.05) is 36.4 Å². The van der Waals surface area contributed by atoms with Crippen LogP contribution >= 0.6 is 0 Å². The van der Waals surface area contributed by atoms with Crippen LogP contribution in [0.25, 0.3) is 6.08 Å².